The molecular weight excluding hydrogens is 234 g/mol. The maximum atomic E-state index is 9.37. The van der Waals surface area contributed by atoms with E-state index in [1.54, 1.807) is 0 Å². The highest BCUT2D eigenvalue weighted by atomic mass is 16.3. The van der Waals surface area contributed by atoms with Gasteiger partial charge in [0.15, 0.2) is 0 Å². The number of hydrogen-bond donors (Lipinski definition) is 2. The van der Waals surface area contributed by atoms with Crippen LogP contribution in [0.25, 0.3) is 10.8 Å². The molecule has 3 rings (SSSR count). The molecule has 1 aliphatic carbocycles. The molecule has 0 saturated heterocycles. The molecule has 2 heteroatoms. The lowest BCUT2D eigenvalue weighted by Gasteiger charge is -2.20. The molecule has 2 aromatic rings. The third kappa shape index (κ3) is 2.51. The average molecular weight is 255 g/mol. The van der Waals surface area contributed by atoms with Crippen LogP contribution in [-0.4, -0.2) is 18.3 Å². The Labute approximate surface area is 114 Å². The third-order valence-corrected chi connectivity index (χ3v) is 4.37. The van der Waals surface area contributed by atoms with Crippen molar-refractivity contribution in [1.29, 1.82) is 0 Å². The molecule has 1 aliphatic rings. The summed E-state index contributed by atoms with van der Waals surface area (Å²) in [6.45, 7) is 3.42. The van der Waals surface area contributed by atoms with Gasteiger partial charge in [-0.1, -0.05) is 42.5 Å². The number of rotatable bonds is 5. The summed E-state index contributed by atoms with van der Waals surface area (Å²) in [4.78, 5) is 0. The van der Waals surface area contributed by atoms with Crippen molar-refractivity contribution >= 4 is 10.8 Å². The molecule has 1 fully saturated rings. The molecule has 2 N–H and O–H groups in total. The number of fused-ring (bicyclic) bond motifs is 1. The van der Waals surface area contributed by atoms with Crippen molar-refractivity contribution < 1.29 is 5.11 Å². The number of aliphatic hydroxyl groups is 1. The van der Waals surface area contributed by atoms with E-state index in [0.29, 0.717) is 12.6 Å². The lowest BCUT2D eigenvalue weighted by Crippen LogP contribution is -2.28. The first-order chi connectivity index (χ1) is 9.24. The van der Waals surface area contributed by atoms with Crippen LogP contribution in [0.4, 0.5) is 0 Å². The Morgan fingerprint density at radius 3 is 2.63 bits per heavy atom. The van der Waals surface area contributed by atoms with Gasteiger partial charge in [0.05, 0.1) is 0 Å². The van der Waals surface area contributed by atoms with Crippen LogP contribution in [-0.2, 0) is 0 Å². The summed E-state index contributed by atoms with van der Waals surface area (Å²) in [7, 11) is 0. The Bertz CT molecular complexity index is 569. The van der Waals surface area contributed by atoms with E-state index in [1.165, 1.54) is 16.3 Å². The topological polar surface area (TPSA) is 32.3 Å². The fourth-order valence-corrected chi connectivity index (χ4v) is 2.68. The van der Waals surface area contributed by atoms with E-state index < -0.39 is 0 Å². The zero-order valence-electron chi connectivity index (χ0n) is 11.4. The summed E-state index contributed by atoms with van der Waals surface area (Å²) in [6.07, 6.45) is 2.30. The summed E-state index contributed by atoms with van der Waals surface area (Å²) in [6, 6.07) is 15.3. The molecule has 100 valence electrons. The van der Waals surface area contributed by atoms with Gasteiger partial charge in [0.2, 0.25) is 0 Å². The van der Waals surface area contributed by atoms with Crippen LogP contribution >= 0.6 is 0 Å². The molecule has 1 atom stereocenters. The lowest BCUT2D eigenvalue weighted by atomic mass is 9.99. The maximum absolute atomic E-state index is 9.37. The van der Waals surface area contributed by atoms with Crippen LogP contribution in [0.15, 0.2) is 42.5 Å². The van der Waals surface area contributed by atoms with E-state index in [2.05, 4.69) is 54.7 Å². The predicted octanol–water partition coefficient (Wildman–Crippen LogP) is 3.26. The number of aliphatic hydroxyl groups excluding tert-OH is 1. The fourth-order valence-electron chi connectivity index (χ4n) is 2.68. The largest absolute Gasteiger partial charge is 0.396 e. The van der Waals surface area contributed by atoms with Gasteiger partial charge in [0, 0.05) is 24.6 Å². The first-order valence-corrected chi connectivity index (χ1v) is 7.06. The van der Waals surface area contributed by atoms with Crippen molar-refractivity contribution in [2.75, 3.05) is 13.2 Å². The summed E-state index contributed by atoms with van der Waals surface area (Å²) in [5, 5.41) is 15.6. The minimum absolute atomic E-state index is 0.166. The quantitative estimate of drug-likeness (QED) is 0.859. The van der Waals surface area contributed by atoms with E-state index in [0.717, 1.165) is 19.4 Å². The zero-order chi connectivity index (χ0) is 13.3. The van der Waals surface area contributed by atoms with Gasteiger partial charge in [0.25, 0.3) is 0 Å². The highest BCUT2D eigenvalue weighted by Gasteiger charge is 2.41. The average Bonchev–Trinajstić information content (AvgIpc) is 3.25. The normalized spacial score (nSPS) is 18.4. The second-order valence-electron chi connectivity index (χ2n) is 5.83. The van der Waals surface area contributed by atoms with Gasteiger partial charge in [-0.25, -0.2) is 0 Å². The van der Waals surface area contributed by atoms with Gasteiger partial charge >= 0.3 is 0 Å². The minimum atomic E-state index is 0.166. The van der Waals surface area contributed by atoms with Gasteiger partial charge in [-0.3, -0.25) is 0 Å². The molecule has 0 aliphatic heterocycles. The number of nitrogens with one attached hydrogen (secondary N) is 1. The lowest BCUT2D eigenvalue weighted by molar-refractivity contribution is 0.205. The molecule has 2 nitrogen and oxygen atoms in total. The standard InChI is InChI=1S/C17H21NO/c1-13(18-11-17(12-19)9-10-17)15-8-4-6-14-5-2-3-7-16(14)15/h2-8,13,18-19H,9-12H2,1H3. The van der Waals surface area contributed by atoms with Crippen molar-refractivity contribution in [3.8, 4) is 0 Å². The second kappa shape index (κ2) is 4.95. The summed E-state index contributed by atoms with van der Waals surface area (Å²) in [5.41, 5.74) is 1.51. The molecule has 1 unspecified atom stereocenters. The molecule has 1 saturated carbocycles. The fraction of sp³-hybridized carbons (Fsp3) is 0.412. The summed E-state index contributed by atoms with van der Waals surface area (Å²) in [5.74, 6) is 0. The summed E-state index contributed by atoms with van der Waals surface area (Å²) >= 11 is 0. The van der Waals surface area contributed by atoms with Crippen LogP contribution in [0.1, 0.15) is 31.4 Å². The first-order valence-electron chi connectivity index (χ1n) is 7.06. The van der Waals surface area contributed by atoms with E-state index in [4.69, 9.17) is 0 Å². The molecule has 0 aromatic heterocycles. The van der Waals surface area contributed by atoms with Crippen LogP contribution < -0.4 is 5.32 Å². The molecule has 0 amide bonds. The molecule has 0 heterocycles. The predicted molar refractivity (Wildman–Crippen MR) is 79.1 cm³/mol. The zero-order valence-corrected chi connectivity index (χ0v) is 11.4. The molecule has 0 bridgehead atoms. The Morgan fingerprint density at radius 2 is 1.89 bits per heavy atom. The molecule has 0 radical (unpaired) electrons. The van der Waals surface area contributed by atoms with E-state index in [9.17, 15) is 5.11 Å². The minimum Gasteiger partial charge on any atom is -0.396 e. The van der Waals surface area contributed by atoms with Crippen LogP contribution in [0.2, 0.25) is 0 Å². The Morgan fingerprint density at radius 1 is 1.16 bits per heavy atom. The smallest absolute Gasteiger partial charge is 0.0499 e. The maximum Gasteiger partial charge on any atom is 0.0499 e. The Hall–Kier alpha value is -1.38. The van der Waals surface area contributed by atoms with Gasteiger partial charge in [-0.15, -0.1) is 0 Å². The molecule has 2 aromatic carbocycles. The molecule has 19 heavy (non-hydrogen) atoms. The SMILES string of the molecule is CC(NCC1(CO)CC1)c1cccc2ccccc12. The van der Waals surface area contributed by atoms with E-state index in [1.807, 2.05) is 0 Å². The molecular formula is C17H21NO. The number of hydrogen-bond acceptors (Lipinski definition) is 2. The second-order valence-corrected chi connectivity index (χ2v) is 5.83. The van der Waals surface area contributed by atoms with Crippen molar-refractivity contribution in [1.82, 2.24) is 5.32 Å². The monoisotopic (exact) mass is 255 g/mol. The van der Waals surface area contributed by atoms with E-state index >= 15 is 0 Å². The first kappa shape index (κ1) is 12.6. The van der Waals surface area contributed by atoms with Gasteiger partial charge in [0.1, 0.15) is 0 Å². The van der Waals surface area contributed by atoms with Crippen LogP contribution in [0.5, 0.6) is 0 Å². The van der Waals surface area contributed by atoms with Gasteiger partial charge in [-0.05, 0) is 36.1 Å². The van der Waals surface area contributed by atoms with Crippen LogP contribution in [0, 0.1) is 5.41 Å². The van der Waals surface area contributed by atoms with Crippen LogP contribution in [0.3, 0.4) is 0 Å². The third-order valence-electron chi connectivity index (χ3n) is 4.37. The van der Waals surface area contributed by atoms with E-state index in [-0.39, 0.29) is 5.41 Å². The van der Waals surface area contributed by atoms with Gasteiger partial charge in [-0.2, -0.15) is 0 Å². The molecule has 0 spiro atoms. The highest BCUT2D eigenvalue weighted by Crippen LogP contribution is 2.44. The van der Waals surface area contributed by atoms with Gasteiger partial charge < -0.3 is 10.4 Å². The highest BCUT2D eigenvalue weighted by molar-refractivity contribution is 5.86. The number of benzene rings is 2. The van der Waals surface area contributed by atoms with Crippen molar-refractivity contribution in [3.05, 3.63) is 48.0 Å². The Balaban J connectivity index is 1.79. The van der Waals surface area contributed by atoms with Crippen molar-refractivity contribution in [3.63, 3.8) is 0 Å². The Kier molecular flexibility index (Phi) is 3.29. The van der Waals surface area contributed by atoms with Crippen molar-refractivity contribution in [2.24, 2.45) is 5.41 Å². The van der Waals surface area contributed by atoms with Crippen molar-refractivity contribution in [2.45, 2.75) is 25.8 Å². The summed E-state index contributed by atoms with van der Waals surface area (Å²) < 4.78 is 0.